The quantitative estimate of drug-likeness (QED) is 0.844. The van der Waals surface area contributed by atoms with Crippen LogP contribution in [0.15, 0.2) is 18.2 Å². The number of hydrogen-bond acceptors (Lipinski definition) is 3. The zero-order chi connectivity index (χ0) is 14.4. The number of carbonyl (C=O) groups excluding carboxylic acids is 1. The molecule has 1 unspecified atom stereocenters. The van der Waals surface area contributed by atoms with Gasteiger partial charge in [-0.25, -0.2) is 0 Å². The lowest BCUT2D eigenvalue weighted by molar-refractivity contribution is -0.116. The van der Waals surface area contributed by atoms with E-state index in [0.717, 1.165) is 24.2 Å². The zero-order valence-electron chi connectivity index (χ0n) is 11.7. The van der Waals surface area contributed by atoms with Gasteiger partial charge in [0.05, 0.1) is 11.4 Å². The molecule has 1 aromatic rings. The molecule has 0 saturated heterocycles. The van der Waals surface area contributed by atoms with Crippen molar-refractivity contribution >= 4 is 28.9 Å². The van der Waals surface area contributed by atoms with Crippen LogP contribution in [-0.2, 0) is 4.79 Å². The fourth-order valence-electron chi connectivity index (χ4n) is 1.80. The van der Waals surface area contributed by atoms with Crippen molar-refractivity contribution in [1.29, 1.82) is 0 Å². The normalized spacial score (nSPS) is 12.1. The van der Waals surface area contributed by atoms with Crippen LogP contribution in [0.4, 0.5) is 11.4 Å². The molecule has 0 radical (unpaired) electrons. The predicted octanol–water partition coefficient (Wildman–Crippen LogP) is 2.86. The number of nitrogens with zero attached hydrogens (tertiary/aromatic N) is 1. The summed E-state index contributed by atoms with van der Waals surface area (Å²) in [5.41, 5.74) is 7.33. The molecule has 19 heavy (non-hydrogen) atoms. The van der Waals surface area contributed by atoms with Gasteiger partial charge in [-0.15, -0.1) is 0 Å². The molecule has 0 bridgehead atoms. The van der Waals surface area contributed by atoms with Gasteiger partial charge in [-0.2, -0.15) is 0 Å². The van der Waals surface area contributed by atoms with Crippen molar-refractivity contribution in [3.8, 4) is 0 Å². The molecule has 3 N–H and O–H groups in total. The van der Waals surface area contributed by atoms with Crippen LogP contribution in [0.1, 0.15) is 26.2 Å². The van der Waals surface area contributed by atoms with E-state index in [-0.39, 0.29) is 11.9 Å². The highest BCUT2D eigenvalue weighted by Crippen LogP contribution is 2.27. The standard InChI is InChI=1S/C14H22ClN3O/c1-10(16)5-4-6-14(19)17-12-9-11(15)7-8-13(12)18(2)3/h7-10H,4-6,16H2,1-3H3,(H,17,19). The van der Waals surface area contributed by atoms with Gasteiger partial charge in [0.25, 0.3) is 0 Å². The lowest BCUT2D eigenvalue weighted by atomic mass is 10.1. The molecule has 0 aliphatic rings. The molecule has 0 aliphatic carbocycles. The number of halogens is 1. The molecule has 0 aliphatic heterocycles. The van der Waals surface area contributed by atoms with Gasteiger partial charge in [0, 0.05) is 31.6 Å². The summed E-state index contributed by atoms with van der Waals surface area (Å²) >= 11 is 5.96. The maximum Gasteiger partial charge on any atom is 0.224 e. The van der Waals surface area contributed by atoms with Crippen molar-refractivity contribution < 1.29 is 4.79 Å². The fraction of sp³-hybridized carbons (Fsp3) is 0.500. The molecule has 1 atom stereocenters. The van der Waals surface area contributed by atoms with Crippen LogP contribution < -0.4 is 16.0 Å². The van der Waals surface area contributed by atoms with Gasteiger partial charge in [-0.05, 0) is 38.0 Å². The Morgan fingerprint density at radius 3 is 2.74 bits per heavy atom. The summed E-state index contributed by atoms with van der Waals surface area (Å²) < 4.78 is 0. The number of benzene rings is 1. The van der Waals surface area contributed by atoms with Crippen molar-refractivity contribution in [2.45, 2.75) is 32.2 Å². The minimum Gasteiger partial charge on any atom is -0.376 e. The monoisotopic (exact) mass is 283 g/mol. The summed E-state index contributed by atoms with van der Waals surface area (Å²) in [5, 5.41) is 3.51. The van der Waals surface area contributed by atoms with Crippen LogP contribution in [-0.4, -0.2) is 26.0 Å². The van der Waals surface area contributed by atoms with Crippen molar-refractivity contribution in [2.75, 3.05) is 24.3 Å². The van der Waals surface area contributed by atoms with E-state index in [1.807, 2.05) is 38.1 Å². The minimum atomic E-state index is -0.00832. The first-order valence-corrected chi connectivity index (χ1v) is 6.80. The van der Waals surface area contributed by atoms with E-state index in [1.165, 1.54) is 0 Å². The highest BCUT2D eigenvalue weighted by atomic mass is 35.5. The summed E-state index contributed by atoms with van der Waals surface area (Å²) in [6.45, 7) is 1.94. The Morgan fingerprint density at radius 1 is 1.47 bits per heavy atom. The van der Waals surface area contributed by atoms with E-state index in [1.54, 1.807) is 6.07 Å². The van der Waals surface area contributed by atoms with Crippen LogP contribution in [0.3, 0.4) is 0 Å². The van der Waals surface area contributed by atoms with Crippen molar-refractivity contribution in [3.63, 3.8) is 0 Å². The summed E-state index contributed by atoms with van der Waals surface area (Å²) in [5.74, 6) is -0.00832. The van der Waals surface area contributed by atoms with E-state index < -0.39 is 0 Å². The van der Waals surface area contributed by atoms with E-state index in [9.17, 15) is 4.79 Å². The first kappa shape index (κ1) is 15.8. The third kappa shape index (κ3) is 5.49. The van der Waals surface area contributed by atoms with E-state index in [2.05, 4.69) is 5.32 Å². The molecular formula is C14H22ClN3O. The maximum atomic E-state index is 11.9. The lowest BCUT2D eigenvalue weighted by Crippen LogP contribution is -2.18. The molecular weight excluding hydrogens is 262 g/mol. The zero-order valence-corrected chi connectivity index (χ0v) is 12.5. The molecule has 1 rings (SSSR count). The summed E-state index contributed by atoms with van der Waals surface area (Å²) in [6, 6.07) is 5.60. The number of rotatable bonds is 6. The number of hydrogen-bond donors (Lipinski definition) is 2. The highest BCUT2D eigenvalue weighted by Gasteiger charge is 2.09. The Hall–Kier alpha value is -1.26. The van der Waals surface area contributed by atoms with Crippen LogP contribution in [0, 0.1) is 0 Å². The number of nitrogens with two attached hydrogens (primary N) is 1. The van der Waals surface area contributed by atoms with E-state index in [0.29, 0.717) is 11.4 Å². The molecule has 106 valence electrons. The molecule has 1 amide bonds. The van der Waals surface area contributed by atoms with Gasteiger partial charge in [0.2, 0.25) is 5.91 Å². The average Bonchev–Trinajstić information content (AvgIpc) is 2.27. The van der Waals surface area contributed by atoms with Gasteiger partial charge < -0.3 is 16.0 Å². The Labute approximate surface area is 119 Å². The third-order valence-electron chi connectivity index (χ3n) is 2.78. The molecule has 0 heterocycles. The third-order valence-corrected chi connectivity index (χ3v) is 3.01. The van der Waals surface area contributed by atoms with Crippen molar-refractivity contribution in [1.82, 2.24) is 0 Å². The van der Waals surface area contributed by atoms with E-state index in [4.69, 9.17) is 17.3 Å². The maximum absolute atomic E-state index is 11.9. The number of amides is 1. The average molecular weight is 284 g/mol. The summed E-state index contributed by atoms with van der Waals surface area (Å²) in [4.78, 5) is 13.8. The number of anilines is 2. The molecule has 0 aromatic heterocycles. The smallest absolute Gasteiger partial charge is 0.224 e. The van der Waals surface area contributed by atoms with E-state index >= 15 is 0 Å². The SMILES string of the molecule is CC(N)CCCC(=O)Nc1cc(Cl)ccc1N(C)C. The fourth-order valence-corrected chi connectivity index (χ4v) is 1.97. The Kier molecular flexibility index (Phi) is 6.12. The van der Waals surface area contributed by atoms with Gasteiger partial charge in [-0.3, -0.25) is 4.79 Å². The molecule has 4 nitrogen and oxygen atoms in total. The first-order valence-electron chi connectivity index (χ1n) is 6.42. The van der Waals surface area contributed by atoms with Crippen LogP contribution in [0.5, 0.6) is 0 Å². The Morgan fingerprint density at radius 2 is 2.16 bits per heavy atom. The van der Waals surface area contributed by atoms with Gasteiger partial charge >= 0.3 is 0 Å². The second kappa shape index (κ2) is 7.36. The highest BCUT2D eigenvalue weighted by molar-refractivity contribution is 6.31. The van der Waals surface area contributed by atoms with Crippen LogP contribution >= 0.6 is 11.6 Å². The van der Waals surface area contributed by atoms with Crippen molar-refractivity contribution in [3.05, 3.63) is 23.2 Å². The summed E-state index contributed by atoms with van der Waals surface area (Å²) in [6.07, 6.45) is 2.12. The summed E-state index contributed by atoms with van der Waals surface area (Å²) in [7, 11) is 3.85. The Bertz CT molecular complexity index is 433. The predicted molar refractivity (Wildman–Crippen MR) is 81.9 cm³/mol. The van der Waals surface area contributed by atoms with Crippen LogP contribution in [0.2, 0.25) is 5.02 Å². The largest absolute Gasteiger partial charge is 0.376 e. The Balaban J connectivity index is 2.65. The van der Waals surface area contributed by atoms with Gasteiger partial charge in [0.1, 0.15) is 0 Å². The number of nitrogens with one attached hydrogen (secondary N) is 1. The second-order valence-corrected chi connectivity index (χ2v) is 5.41. The molecule has 0 saturated carbocycles. The molecule has 0 fully saturated rings. The van der Waals surface area contributed by atoms with Crippen LogP contribution in [0.25, 0.3) is 0 Å². The number of carbonyl (C=O) groups is 1. The molecule has 5 heteroatoms. The van der Waals surface area contributed by atoms with Crippen molar-refractivity contribution in [2.24, 2.45) is 5.73 Å². The van der Waals surface area contributed by atoms with Gasteiger partial charge in [-0.1, -0.05) is 11.6 Å². The first-order chi connectivity index (χ1) is 8.90. The molecule has 1 aromatic carbocycles. The van der Waals surface area contributed by atoms with Gasteiger partial charge in [0.15, 0.2) is 0 Å². The topological polar surface area (TPSA) is 58.4 Å². The minimum absolute atomic E-state index is 0.00832. The second-order valence-electron chi connectivity index (χ2n) is 4.97. The lowest BCUT2D eigenvalue weighted by Gasteiger charge is -2.18. The molecule has 0 spiro atoms.